The first-order valence-corrected chi connectivity index (χ1v) is 30.3. The van der Waals surface area contributed by atoms with Crippen LogP contribution < -0.4 is 43.4 Å². The van der Waals surface area contributed by atoms with Gasteiger partial charge in [0.05, 0.1) is 32.7 Å². The molecule has 4 aromatic rings. The smallest absolute Gasteiger partial charge is 0.490 e. The second-order valence-electron chi connectivity index (χ2n) is 22.6. The van der Waals surface area contributed by atoms with Gasteiger partial charge < -0.3 is 73.8 Å². The lowest BCUT2D eigenvalue weighted by molar-refractivity contribution is -0.192. The van der Waals surface area contributed by atoms with Crippen molar-refractivity contribution in [3.63, 3.8) is 0 Å². The summed E-state index contributed by atoms with van der Waals surface area (Å²) in [5.74, 6) is -10.6. The number of carboxylic acid groups (broad SMARTS) is 4. The van der Waals surface area contributed by atoms with Gasteiger partial charge in [-0.3, -0.25) is 72.5 Å². The van der Waals surface area contributed by atoms with E-state index in [0.717, 1.165) is 10.8 Å². The van der Waals surface area contributed by atoms with Crippen LogP contribution in [0, 0.1) is 0 Å². The molecular formula is C62H81F3N14O16. The number of hydrogen-bond donors (Lipinski definition) is 13. The number of nitrogens with two attached hydrogens (primary N) is 2. The summed E-state index contributed by atoms with van der Waals surface area (Å²) in [6.07, 6.45) is -4.87. The van der Waals surface area contributed by atoms with Gasteiger partial charge in [0.2, 0.25) is 35.4 Å². The maximum Gasteiger partial charge on any atom is 0.490 e. The highest BCUT2D eigenvalue weighted by atomic mass is 19.4. The summed E-state index contributed by atoms with van der Waals surface area (Å²) >= 11 is 0. The summed E-state index contributed by atoms with van der Waals surface area (Å²) in [6.45, 7) is 0.527. The third-order valence-electron chi connectivity index (χ3n) is 15.3. The van der Waals surface area contributed by atoms with Crippen molar-refractivity contribution in [3.8, 4) is 5.75 Å². The summed E-state index contributed by atoms with van der Waals surface area (Å²) < 4.78 is 31.7. The third kappa shape index (κ3) is 27.2. The molecule has 0 unspecified atom stereocenters. The number of phenols is 1. The molecule has 33 heteroatoms. The molecule has 15 N–H and O–H groups in total. The number of aromatic hydroxyl groups is 1. The van der Waals surface area contributed by atoms with Crippen molar-refractivity contribution in [1.29, 1.82) is 0 Å². The van der Waals surface area contributed by atoms with Gasteiger partial charge in [-0.25, -0.2) is 4.79 Å². The number of guanidine groups is 1. The lowest BCUT2D eigenvalue weighted by Crippen LogP contribution is -2.58. The van der Waals surface area contributed by atoms with Crippen molar-refractivity contribution in [2.75, 3.05) is 105 Å². The summed E-state index contributed by atoms with van der Waals surface area (Å²) in [5.41, 5.74) is 13.3. The van der Waals surface area contributed by atoms with Crippen LogP contribution in [0.1, 0.15) is 52.7 Å². The zero-order valence-corrected chi connectivity index (χ0v) is 52.2. The third-order valence-corrected chi connectivity index (χ3v) is 15.3. The molecule has 6 rings (SSSR count). The Bertz CT molecular complexity index is 3310. The van der Waals surface area contributed by atoms with Crippen LogP contribution in [0.3, 0.4) is 0 Å². The predicted octanol–water partition coefficient (Wildman–Crippen LogP) is -1.27. The second kappa shape index (κ2) is 37.6. The first kappa shape index (κ1) is 75.7. The molecule has 0 aliphatic carbocycles. The van der Waals surface area contributed by atoms with Gasteiger partial charge in [-0.15, -0.1) is 0 Å². The number of aliphatic imine (C=N–C) groups is 1. The molecule has 2 aliphatic heterocycles. The van der Waals surface area contributed by atoms with E-state index in [1.807, 2.05) is 42.5 Å². The highest BCUT2D eigenvalue weighted by Crippen LogP contribution is 2.19. The Balaban J connectivity index is 0.00000220. The van der Waals surface area contributed by atoms with Crippen molar-refractivity contribution in [2.45, 2.75) is 75.4 Å². The van der Waals surface area contributed by atoms with Gasteiger partial charge in [-0.2, -0.15) is 13.2 Å². The summed E-state index contributed by atoms with van der Waals surface area (Å²) in [5, 5.41) is 64.2. The zero-order chi connectivity index (χ0) is 69.8. The maximum atomic E-state index is 14.7. The molecule has 2 fully saturated rings. The summed E-state index contributed by atoms with van der Waals surface area (Å²) in [7, 11) is 1.38. The van der Waals surface area contributed by atoms with E-state index in [0.29, 0.717) is 16.7 Å². The predicted molar refractivity (Wildman–Crippen MR) is 337 cm³/mol. The van der Waals surface area contributed by atoms with Crippen LogP contribution in [-0.4, -0.2) is 257 Å². The normalized spacial score (nSPS) is 18.9. The number of hydrogen-bond acceptors (Lipinski definition) is 17. The highest BCUT2D eigenvalue weighted by Gasteiger charge is 2.39. The quantitative estimate of drug-likeness (QED) is 0.0234. The van der Waals surface area contributed by atoms with Gasteiger partial charge >= 0.3 is 30.1 Å². The lowest BCUT2D eigenvalue weighted by atomic mass is 10.00. The van der Waals surface area contributed by atoms with E-state index in [1.165, 1.54) is 24.1 Å². The van der Waals surface area contributed by atoms with E-state index in [9.17, 15) is 81.5 Å². The van der Waals surface area contributed by atoms with Crippen LogP contribution in [0.2, 0.25) is 0 Å². The molecule has 4 aromatic carbocycles. The molecule has 7 amide bonds. The Morgan fingerprint density at radius 3 is 1.63 bits per heavy atom. The molecule has 30 nitrogen and oxygen atoms in total. The van der Waals surface area contributed by atoms with Crippen LogP contribution in [-0.2, 0) is 67.3 Å². The van der Waals surface area contributed by atoms with Crippen molar-refractivity contribution in [3.05, 3.63) is 113 Å². The molecule has 4 atom stereocenters. The van der Waals surface area contributed by atoms with Gasteiger partial charge in [0, 0.05) is 97.4 Å². The highest BCUT2D eigenvalue weighted by molar-refractivity contribution is 5.98. The van der Waals surface area contributed by atoms with Crippen LogP contribution in [0.5, 0.6) is 5.75 Å². The number of fused-ring (bicyclic) bond motifs is 1. The van der Waals surface area contributed by atoms with Gasteiger partial charge in [-0.05, 0) is 77.4 Å². The monoisotopic (exact) mass is 1330 g/mol. The van der Waals surface area contributed by atoms with Crippen LogP contribution in [0.4, 0.5) is 13.2 Å². The molecule has 516 valence electrons. The summed E-state index contributed by atoms with van der Waals surface area (Å²) in [4.78, 5) is 154. The first-order chi connectivity index (χ1) is 45.0. The number of nitrogens with one attached hydrogen (secondary N) is 6. The SMILES string of the molecule is CN1C(=O)[C@@H](Cc2ccc(O)cc2)NC(=O)CNC(=O)[C@H](Cc2ccc3ccccc3c2)NC(=O)[C@H](CCCN=C(N)N)NC(=O)[C@H]1CCCNC(=O)c1ccc(CNC(=O)CN2CCN(CC(=O)O)CCN(CC(=O)O)CCN(CC(=O)O)CC2)cc1.O=C(O)C(F)(F)F. The number of nitrogens with zero attached hydrogens (tertiary/aromatic N) is 6. The molecule has 0 spiro atoms. The molecule has 2 saturated heterocycles. The number of aliphatic carboxylic acids is 4. The average molecular weight is 1340 g/mol. The zero-order valence-electron chi connectivity index (χ0n) is 52.2. The fourth-order valence-corrected chi connectivity index (χ4v) is 10.2. The van der Waals surface area contributed by atoms with Crippen molar-refractivity contribution in [1.82, 2.24) is 56.4 Å². The minimum absolute atomic E-state index is 0.000425. The van der Waals surface area contributed by atoms with Crippen molar-refractivity contribution >= 4 is 82.0 Å². The number of rotatable bonds is 23. The van der Waals surface area contributed by atoms with E-state index < -0.39 is 96.2 Å². The van der Waals surface area contributed by atoms with Crippen LogP contribution >= 0.6 is 0 Å². The Morgan fingerprint density at radius 1 is 0.589 bits per heavy atom. The standard InChI is InChI=1S/C60H80N14O14.C2HF3O2/c1-70-49(9-5-20-63-55(84)43-16-10-40(11-17-43)33-65-51(77)35-71-22-24-72(36-52(78)79)26-28-74(38-54(82)83)29-27-73(25-23-71)37-53(80)81)58(87)68-46(8-4-21-64-60(61)62)57(86)69-47(32-41-12-15-42-6-2-3-7-44(42)30-41)56(85)66-34-50(76)67-48(59(70)88)31-39-13-18-45(75)19-14-39;3-2(4,5)1(6)7/h2-3,6-7,10-19,30,46-49,75H,4-5,8-9,20-29,31-38H2,1H3,(H,63,84)(H,65,77)(H,66,85)(H,67,76)(H,68,87)(H,69,86)(H,78,79)(H,80,81)(H,82,83)(H4,61,62,64);(H,6,7)/t46-,47-,48+,49+;/m0./s1. The Labute approximate surface area is 544 Å². The number of carbonyl (C=O) groups is 11. The number of halogens is 3. The van der Waals surface area contributed by atoms with Crippen LogP contribution in [0.15, 0.2) is 96.0 Å². The number of carbonyl (C=O) groups excluding carboxylic acids is 7. The van der Waals surface area contributed by atoms with Gasteiger partial charge in [0.1, 0.15) is 29.9 Å². The van der Waals surface area contributed by atoms with Gasteiger partial charge in [0.25, 0.3) is 5.91 Å². The molecule has 0 saturated carbocycles. The lowest BCUT2D eigenvalue weighted by Gasteiger charge is -2.32. The van der Waals surface area contributed by atoms with E-state index in [2.05, 4.69) is 36.9 Å². The Morgan fingerprint density at radius 2 is 1.09 bits per heavy atom. The number of phenolic OH excluding ortho intramolecular Hbond substituents is 1. The molecule has 0 aromatic heterocycles. The Hall–Kier alpha value is -9.99. The number of benzene rings is 4. The Kier molecular flexibility index (Phi) is 30.0. The topological polar surface area (TPSA) is 442 Å². The van der Waals surface area contributed by atoms with E-state index in [-0.39, 0.29) is 160 Å². The number of likely N-dealkylation sites (N-methyl/N-ethyl adjacent to an activating group) is 1. The molecule has 0 radical (unpaired) electrons. The van der Waals surface area contributed by atoms with Crippen molar-refractivity contribution in [2.24, 2.45) is 16.5 Å². The van der Waals surface area contributed by atoms with Gasteiger partial charge in [-0.1, -0.05) is 66.7 Å². The number of carboxylic acids is 4. The minimum Gasteiger partial charge on any atom is -0.508 e. The number of amides is 7. The molecule has 2 aliphatic rings. The number of alkyl halides is 3. The van der Waals surface area contributed by atoms with E-state index >= 15 is 0 Å². The van der Waals surface area contributed by atoms with Crippen LogP contribution in [0.25, 0.3) is 10.8 Å². The van der Waals surface area contributed by atoms with E-state index in [1.54, 1.807) is 56.0 Å². The maximum absolute atomic E-state index is 14.7. The summed E-state index contributed by atoms with van der Waals surface area (Å²) in [6, 6.07) is 20.5. The largest absolute Gasteiger partial charge is 0.508 e. The van der Waals surface area contributed by atoms with Crippen molar-refractivity contribution < 1.29 is 91.4 Å². The second-order valence-corrected chi connectivity index (χ2v) is 22.6. The van der Waals surface area contributed by atoms with E-state index in [4.69, 9.17) is 21.4 Å². The fraction of sp³-hybridized carbons (Fsp3) is 0.452. The molecule has 95 heavy (non-hydrogen) atoms. The fourth-order valence-electron chi connectivity index (χ4n) is 10.2. The molecular weight excluding hydrogens is 1250 g/mol. The van der Waals surface area contributed by atoms with Gasteiger partial charge in [0.15, 0.2) is 5.96 Å². The molecule has 2 heterocycles. The molecule has 0 bridgehead atoms. The minimum atomic E-state index is -5.08. The average Bonchev–Trinajstić information content (AvgIpc) is 1.56. The first-order valence-electron chi connectivity index (χ1n) is 30.3.